The second-order valence-corrected chi connectivity index (χ2v) is 4.13. The SMILES string of the molecule is COCCNCCN(C)Cc1cnc(C)cn1. The van der Waals surface area contributed by atoms with Crippen molar-refractivity contribution < 1.29 is 4.74 Å². The van der Waals surface area contributed by atoms with E-state index in [0.717, 1.165) is 44.2 Å². The normalized spacial score (nSPS) is 11.1. The molecule has 1 heterocycles. The average Bonchev–Trinajstić information content (AvgIpc) is 2.32. The number of hydrogen-bond acceptors (Lipinski definition) is 5. The molecular weight excluding hydrogens is 216 g/mol. The van der Waals surface area contributed by atoms with Gasteiger partial charge in [0.1, 0.15) is 0 Å². The van der Waals surface area contributed by atoms with Crippen molar-refractivity contribution in [1.82, 2.24) is 20.2 Å². The van der Waals surface area contributed by atoms with Crippen LogP contribution in [0.1, 0.15) is 11.4 Å². The fraction of sp³-hybridized carbons (Fsp3) is 0.667. The van der Waals surface area contributed by atoms with Crippen molar-refractivity contribution in [1.29, 1.82) is 0 Å². The molecule has 0 fully saturated rings. The molecule has 1 aromatic rings. The molecule has 1 aromatic heterocycles. The third-order valence-corrected chi connectivity index (χ3v) is 2.42. The Bertz CT molecular complexity index is 302. The van der Waals surface area contributed by atoms with Gasteiger partial charge in [-0.1, -0.05) is 0 Å². The number of rotatable bonds is 8. The van der Waals surface area contributed by atoms with Gasteiger partial charge in [0.25, 0.3) is 0 Å². The first-order valence-electron chi connectivity index (χ1n) is 5.88. The maximum absolute atomic E-state index is 4.96. The fourth-order valence-corrected chi connectivity index (χ4v) is 1.43. The van der Waals surface area contributed by atoms with Gasteiger partial charge in [0.05, 0.1) is 18.0 Å². The van der Waals surface area contributed by atoms with E-state index in [1.807, 2.05) is 13.1 Å². The monoisotopic (exact) mass is 238 g/mol. The second-order valence-electron chi connectivity index (χ2n) is 4.13. The van der Waals surface area contributed by atoms with Crippen LogP contribution in [0.4, 0.5) is 0 Å². The highest BCUT2D eigenvalue weighted by Crippen LogP contribution is 1.97. The van der Waals surface area contributed by atoms with Crippen LogP contribution in [0.2, 0.25) is 0 Å². The Hall–Kier alpha value is -1.04. The van der Waals surface area contributed by atoms with Crippen LogP contribution in [0.25, 0.3) is 0 Å². The molecule has 0 aliphatic rings. The van der Waals surface area contributed by atoms with Crippen LogP contribution in [-0.4, -0.2) is 55.3 Å². The molecule has 0 spiro atoms. The lowest BCUT2D eigenvalue weighted by molar-refractivity contribution is 0.197. The van der Waals surface area contributed by atoms with E-state index >= 15 is 0 Å². The summed E-state index contributed by atoms with van der Waals surface area (Å²) < 4.78 is 4.96. The Kier molecular flexibility index (Phi) is 6.69. The van der Waals surface area contributed by atoms with E-state index in [-0.39, 0.29) is 0 Å². The first-order valence-corrected chi connectivity index (χ1v) is 5.88. The van der Waals surface area contributed by atoms with Crippen molar-refractivity contribution in [2.45, 2.75) is 13.5 Å². The summed E-state index contributed by atoms with van der Waals surface area (Å²) in [4.78, 5) is 10.8. The number of ether oxygens (including phenoxy) is 1. The zero-order valence-corrected chi connectivity index (χ0v) is 10.9. The molecule has 1 rings (SSSR count). The summed E-state index contributed by atoms with van der Waals surface area (Å²) in [6, 6.07) is 0. The summed E-state index contributed by atoms with van der Waals surface area (Å²) in [6.45, 7) is 6.37. The predicted octanol–water partition coefficient (Wildman–Crippen LogP) is 0.453. The standard InChI is InChI=1S/C12H22N4O/c1-11-8-15-12(9-14-11)10-16(2)6-4-13-5-7-17-3/h8-9,13H,4-7,10H2,1-3H3. The summed E-state index contributed by atoms with van der Waals surface area (Å²) in [5.74, 6) is 0. The molecule has 5 nitrogen and oxygen atoms in total. The maximum Gasteiger partial charge on any atom is 0.0726 e. The van der Waals surface area contributed by atoms with Crippen molar-refractivity contribution in [3.8, 4) is 0 Å². The zero-order valence-electron chi connectivity index (χ0n) is 10.9. The van der Waals surface area contributed by atoms with Crippen LogP contribution < -0.4 is 5.32 Å². The van der Waals surface area contributed by atoms with Gasteiger partial charge in [0.2, 0.25) is 0 Å². The average molecular weight is 238 g/mol. The summed E-state index contributed by atoms with van der Waals surface area (Å²) in [5, 5.41) is 3.31. The Morgan fingerprint density at radius 1 is 1.29 bits per heavy atom. The summed E-state index contributed by atoms with van der Waals surface area (Å²) in [5.41, 5.74) is 1.97. The van der Waals surface area contributed by atoms with E-state index in [4.69, 9.17) is 4.74 Å². The van der Waals surface area contributed by atoms with Crippen LogP contribution in [-0.2, 0) is 11.3 Å². The smallest absolute Gasteiger partial charge is 0.0726 e. The summed E-state index contributed by atoms with van der Waals surface area (Å²) in [7, 11) is 3.80. The van der Waals surface area contributed by atoms with Crippen LogP contribution in [0.15, 0.2) is 12.4 Å². The molecule has 0 radical (unpaired) electrons. The highest BCUT2D eigenvalue weighted by atomic mass is 16.5. The Morgan fingerprint density at radius 3 is 2.76 bits per heavy atom. The molecule has 0 bridgehead atoms. The number of nitrogens with zero attached hydrogens (tertiary/aromatic N) is 3. The quantitative estimate of drug-likeness (QED) is 0.667. The minimum Gasteiger partial charge on any atom is -0.383 e. The summed E-state index contributed by atoms with van der Waals surface area (Å²) >= 11 is 0. The molecule has 0 unspecified atom stereocenters. The van der Waals surface area contributed by atoms with Gasteiger partial charge in [-0.05, 0) is 14.0 Å². The van der Waals surface area contributed by atoms with E-state index in [1.54, 1.807) is 13.3 Å². The molecular formula is C12H22N4O. The van der Waals surface area contributed by atoms with Crippen molar-refractivity contribution >= 4 is 0 Å². The lowest BCUT2D eigenvalue weighted by Crippen LogP contribution is -2.30. The number of aryl methyl sites for hydroxylation is 1. The Morgan fingerprint density at radius 2 is 2.12 bits per heavy atom. The molecule has 0 saturated heterocycles. The van der Waals surface area contributed by atoms with Gasteiger partial charge in [0.15, 0.2) is 0 Å². The number of nitrogens with one attached hydrogen (secondary N) is 1. The van der Waals surface area contributed by atoms with Crippen molar-refractivity contribution in [2.24, 2.45) is 0 Å². The molecule has 1 N–H and O–H groups in total. The van der Waals surface area contributed by atoms with Crippen LogP contribution >= 0.6 is 0 Å². The third-order valence-electron chi connectivity index (χ3n) is 2.42. The van der Waals surface area contributed by atoms with Gasteiger partial charge in [-0.15, -0.1) is 0 Å². The van der Waals surface area contributed by atoms with Crippen LogP contribution in [0, 0.1) is 6.92 Å². The van der Waals surface area contributed by atoms with Crippen molar-refractivity contribution in [3.05, 3.63) is 23.8 Å². The minimum absolute atomic E-state index is 0.757. The Labute approximate surface area is 103 Å². The topological polar surface area (TPSA) is 50.3 Å². The highest BCUT2D eigenvalue weighted by Gasteiger charge is 2.01. The lowest BCUT2D eigenvalue weighted by atomic mass is 10.4. The molecule has 0 saturated carbocycles. The van der Waals surface area contributed by atoms with E-state index in [0.29, 0.717) is 0 Å². The largest absolute Gasteiger partial charge is 0.383 e. The maximum atomic E-state index is 4.96. The number of methoxy groups -OCH3 is 1. The van der Waals surface area contributed by atoms with E-state index in [9.17, 15) is 0 Å². The first-order chi connectivity index (χ1) is 8.22. The van der Waals surface area contributed by atoms with E-state index < -0.39 is 0 Å². The second kappa shape index (κ2) is 8.11. The molecule has 5 heteroatoms. The molecule has 17 heavy (non-hydrogen) atoms. The molecule has 0 aliphatic heterocycles. The fourth-order valence-electron chi connectivity index (χ4n) is 1.43. The van der Waals surface area contributed by atoms with Crippen LogP contribution in [0.3, 0.4) is 0 Å². The number of aromatic nitrogens is 2. The molecule has 0 aromatic carbocycles. The minimum atomic E-state index is 0.757. The summed E-state index contributed by atoms with van der Waals surface area (Å²) in [6.07, 6.45) is 3.64. The van der Waals surface area contributed by atoms with E-state index in [2.05, 4.69) is 27.2 Å². The van der Waals surface area contributed by atoms with Gasteiger partial charge in [0, 0.05) is 45.7 Å². The van der Waals surface area contributed by atoms with Gasteiger partial charge in [-0.25, -0.2) is 0 Å². The first kappa shape index (κ1) is 14.0. The van der Waals surface area contributed by atoms with Crippen molar-refractivity contribution in [2.75, 3.05) is 40.4 Å². The Balaban J connectivity index is 2.16. The van der Waals surface area contributed by atoms with Gasteiger partial charge in [-0.2, -0.15) is 0 Å². The number of hydrogen-bond donors (Lipinski definition) is 1. The molecule has 0 atom stereocenters. The predicted molar refractivity (Wildman–Crippen MR) is 67.8 cm³/mol. The third kappa shape index (κ3) is 6.31. The molecule has 96 valence electrons. The molecule has 0 aliphatic carbocycles. The lowest BCUT2D eigenvalue weighted by Gasteiger charge is -2.16. The van der Waals surface area contributed by atoms with Gasteiger partial charge < -0.3 is 10.1 Å². The zero-order chi connectivity index (χ0) is 12.5. The van der Waals surface area contributed by atoms with Gasteiger partial charge >= 0.3 is 0 Å². The highest BCUT2D eigenvalue weighted by molar-refractivity contribution is 5.00. The van der Waals surface area contributed by atoms with Crippen LogP contribution in [0.5, 0.6) is 0 Å². The number of likely N-dealkylation sites (N-methyl/N-ethyl adjacent to an activating group) is 1. The van der Waals surface area contributed by atoms with Crippen molar-refractivity contribution in [3.63, 3.8) is 0 Å². The van der Waals surface area contributed by atoms with E-state index in [1.165, 1.54) is 0 Å². The molecule has 0 amide bonds. The van der Waals surface area contributed by atoms with Gasteiger partial charge in [-0.3, -0.25) is 14.9 Å².